The predicted octanol–water partition coefficient (Wildman–Crippen LogP) is 6.35. The maximum Gasteiger partial charge on any atom is 0.303 e. The van der Waals surface area contributed by atoms with Crippen LogP contribution in [-0.4, -0.2) is 11.1 Å². The second kappa shape index (κ2) is 15.6. The first kappa shape index (κ1) is 20.2. The van der Waals surface area contributed by atoms with Crippen LogP contribution in [0.4, 0.5) is 0 Å². The highest BCUT2D eigenvalue weighted by Gasteiger charge is 1.95. The Labute approximate surface area is 132 Å². The van der Waals surface area contributed by atoms with Crippen molar-refractivity contribution in [2.24, 2.45) is 5.92 Å². The van der Waals surface area contributed by atoms with E-state index in [0.29, 0.717) is 6.42 Å². The standard InChI is InChI=1S/C19H36O2/c1-18(2)16-14-12-10-8-6-4-3-5-7-9-11-13-15-17-19(20)21/h5,7,18H,3-4,6,8-17H2,1-2H3,(H,20,21). The molecule has 0 unspecified atom stereocenters. The summed E-state index contributed by atoms with van der Waals surface area (Å²) < 4.78 is 0. The third kappa shape index (κ3) is 19.2. The monoisotopic (exact) mass is 296 g/mol. The normalized spacial score (nSPS) is 11.6. The molecule has 2 heteroatoms. The van der Waals surface area contributed by atoms with E-state index in [1.54, 1.807) is 0 Å². The van der Waals surface area contributed by atoms with Crippen LogP contribution in [0.1, 0.15) is 97.3 Å². The fourth-order valence-corrected chi connectivity index (χ4v) is 2.47. The minimum absolute atomic E-state index is 0.320. The van der Waals surface area contributed by atoms with Gasteiger partial charge in [0.15, 0.2) is 0 Å². The molecule has 0 spiro atoms. The number of carboxylic acid groups (broad SMARTS) is 1. The lowest BCUT2D eigenvalue weighted by Gasteiger charge is -2.03. The Bertz CT molecular complexity index is 256. The Morgan fingerprint density at radius 1 is 0.810 bits per heavy atom. The van der Waals surface area contributed by atoms with Crippen LogP contribution in [0.25, 0.3) is 0 Å². The minimum atomic E-state index is -0.672. The van der Waals surface area contributed by atoms with Crippen molar-refractivity contribution in [2.45, 2.75) is 97.3 Å². The van der Waals surface area contributed by atoms with Crippen molar-refractivity contribution >= 4 is 5.97 Å². The average Bonchev–Trinajstić information content (AvgIpc) is 2.42. The Balaban J connectivity index is 3.10. The van der Waals surface area contributed by atoms with Gasteiger partial charge in [-0.1, -0.05) is 70.9 Å². The smallest absolute Gasteiger partial charge is 0.303 e. The molecule has 1 N–H and O–H groups in total. The lowest BCUT2D eigenvalue weighted by atomic mass is 10.0. The van der Waals surface area contributed by atoms with Crippen molar-refractivity contribution in [2.75, 3.05) is 0 Å². The number of hydrogen-bond donors (Lipinski definition) is 1. The summed E-state index contributed by atoms with van der Waals surface area (Å²) in [6.07, 6.45) is 19.9. The van der Waals surface area contributed by atoms with E-state index in [4.69, 9.17) is 5.11 Å². The third-order valence-corrected chi connectivity index (χ3v) is 3.83. The highest BCUT2D eigenvalue weighted by molar-refractivity contribution is 5.66. The summed E-state index contributed by atoms with van der Waals surface area (Å²) in [6, 6.07) is 0. The molecule has 0 radical (unpaired) electrons. The third-order valence-electron chi connectivity index (χ3n) is 3.83. The molecule has 0 aliphatic carbocycles. The fourth-order valence-electron chi connectivity index (χ4n) is 2.47. The van der Waals surface area contributed by atoms with E-state index in [2.05, 4.69) is 26.0 Å². The summed E-state index contributed by atoms with van der Waals surface area (Å²) >= 11 is 0. The summed E-state index contributed by atoms with van der Waals surface area (Å²) in [5.41, 5.74) is 0. The molecule has 0 amide bonds. The molecule has 0 heterocycles. The molecule has 0 aromatic rings. The van der Waals surface area contributed by atoms with E-state index in [1.807, 2.05) is 0 Å². The molecule has 0 aromatic heterocycles. The Kier molecular flexibility index (Phi) is 15.0. The average molecular weight is 296 g/mol. The zero-order valence-electron chi connectivity index (χ0n) is 14.3. The Hall–Kier alpha value is -0.790. The van der Waals surface area contributed by atoms with Gasteiger partial charge in [-0.05, 0) is 38.0 Å². The summed E-state index contributed by atoms with van der Waals surface area (Å²) in [5, 5.41) is 8.51. The summed E-state index contributed by atoms with van der Waals surface area (Å²) in [7, 11) is 0. The van der Waals surface area contributed by atoms with Gasteiger partial charge in [0, 0.05) is 6.42 Å². The van der Waals surface area contributed by atoms with Crippen molar-refractivity contribution in [1.82, 2.24) is 0 Å². The lowest BCUT2D eigenvalue weighted by molar-refractivity contribution is -0.137. The summed E-state index contributed by atoms with van der Waals surface area (Å²) in [5.74, 6) is 0.189. The van der Waals surface area contributed by atoms with E-state index >= 15 is 0 Å². The van der Waals surface area contributed by atoms with Crippen LogP contribution in [0.15, 0.2) is 12.2 Å². The number of rotatable bonds is 15. The van der Waals surface area contributed by atoms with E-state index in [9.17, 15) is 4.79 Å². The first-order valence-corrected chi connectivity index (χ1v) is 8.99. The Morgan fingerprint density at radius 3 is 1.81 bits per heavy atom. The number of hydrogen-bond acceptors (Lipinski definition) is 1. The van der Waals surface area contributed by atoms with Crippen molar-refractivity contribution in [3.05, 3.63) is 12.2 Å². The zero-order valence-corrected chi connectivity index (χ0v) is 14.3. The molecular weight excluding hydrogens is 260 g/mol. The maximum atomic E-state index is 10.3. The number of carbonyl (C=O) groups is 1. The van der Waals surface area contributed by atoms with E-state index in [-0.39, 0.29) is 0 Å². The van der Waals surface area contributed by atoms with Gasteiger partial charge in [-0.3, -0.25) is 4.79 Å². The number of carboxylic acids is 1. The first-order chi connectivity index (χ1) is 10.1. The molecule has 2 nitrogen and oxygen atoms in total. The van der Waals surface area contributed by atoms with Crippen LogP contribution in [0.5, 0.6) is 0 Å². The van der Waals surface area contributed by atoms with Gasteiger partial charge >= 0.3 is 5.97 Å². The van der Waals surface area contributed by atoms with Gasteiger partial charge in [0.2, 0.25) is 0 Å². The first-order valence-electron chi connectivity index (χ1n) is 8.99. The van der Waals surface area contributed by atoms with E-state index in [0.717, 1.165) is 31.6 Å². The maximum absolute atomic E-state index is 10.3. The van der Waals surface area contributed by atoms with Crippen LogP contribution in [0.3, 0.4) is 0 Å². The fraction of sp³-hybridized carbons (Fsp3) is 0.842. The molecular formula is C19H36O2. The highest BCUT2D eigenvalue weighted by Crippen LogP contribution is 2.12. The molecule has 0 atom stereocenters. The largest absolute Gasteiger partial charge is 0.481 e. The van der Waals surface area contributed by atoms with E-state index in [1.165, 1.54) is 51.4 Å². The summed E-state index contributed by atoms with van der Waals surface area (Å²) in [4.78, 5) is 10.3. The van der Waals surface area contributed by atoms with Gasteiger partial charge in [0.05, 0.1) is 0 Å². The molecule has 124 valence electrons. The molecule has 0 aliphatic rings. The molecule has 0 aromatic carbocycles. The van der Waals surface area contributed by atoms with Gasteiger partial charge in [-0.2, -0.15) is 0 Å². The lowest BCUT2D eigenvalue weighted by Crippen LogP contribution is -1.93. The number of aliphatic carboxylic acids is 1. The van der Waals surface area contributed by atoms with Crippen molar-refractivity contribution < 1.29 is 9.90 Å². The SMILES string of the molecule is CC(C)CCCCCCCCC=CCCCCCC(=O)O. The zero-order chi connectivity index (χ0) is 15.8. The number of allylic oxidation sites excluding steroid dienone is 2. The molecule has 0 aliphatic heterocycles. The predicted molar refractivity (Wildman–Crippen MR) is 91.6 cm³/mol. The quantitative estimate of drug-likeness (QED) is 0.282. The minimum Gasteiger partial charge on any atom is -0.481 e. The van der Waals surface area contributed by atoms with Gasteiger partial charge in [0.1, 0.15) is 0 Å². The second-order valence-corrected chi connectivity index (χ2v) is 6.56. The molecule has 0 saturated heterocycles. The van der Waals surface area contributed by atoms with Gasteiger partial charge in [-0.25, -0.2) is 0 Å². The van der Waals surface area contributed by atoms with Gasteiger partial charge in [-0.15, -0.1) is 0 Å². The molecule has 0 fully saturated rings. The molecule has 0 rings (SSSR count). The Morgan fingerprint density at radius 2 is 1.29 bits per heavy atom. The topological polar surface area (TPSA) is 37.3 Å². The van der Waals surface area contributed by atoms with Crippen molar-refractivity contribution in [3.63, 3.8) is 0 Å². The van der Waals surface area contributed by atoms with Gasteiger partial charge < -0.3 is 5.11 Å². The van der Waals surface area contributed by atoms with Crippen LogP contribution in [-0.2, 0) is 4.79 Å². The van der Waals surface area contributed by atoms with Crippen molar-refractivity contribution in [1.29, 1.82) is 0 Å². The number of unbranched alkanes of at least 4 members (excludes halogenated alkanes) is 9. The van der Waals surface area contributed by atoms with Crippen LogP contribution < -0.4 is 0 Å². The molecule has 21 heavy (non-hydrogen) atoms. The van der Waals surface area contributed by atoms with Crippen LogP contribution in [0.2, 0.25) is 0 Å². The van der Waals surface area contributed by atoms with Crippen LogP contribution >= 0.6 is 0 Å². The highest BCUT2D eigenvalue weighted by atomic mass is 16.4. The molecule has 0 bridgehead atoms. The van der Waals surface area contributed by atoms with Gasteiger partial charge in [0.25, 0.3) is 0 Å². The van der Waals surface area contributed by atoms with E-state index < -0.39 is 5.97 Å². The molecule has 0 saturated carbocycles. The summed E-state index contributed by atoms with van der Waals surface area (Å²) in [6.45, 7) is 4.61. The van der Waals surface area contributed by atoms with Crippen LogP contribution in [0, 0.1) is 5.92 Å². The van der Waals surface area contributed by atoms with Crippen molar-refractivity contribution in [3.8, 4) is 0 Å². The second-order valence-electron chi connectivity index (χ2n) is 6.56.